The van der Waals surface area contributed by atoms with E-state index in [-0.39, 0.29) is 43.1 Å². The van der Waals surface area contributed by atoms with Crippen molar-refractivity contribution in [2.45, 2.75) is 45.8 Å². The molecule has 1 aliphatic heterocycles. The lowest BCUT2D eigenvalue weighted by Gasteiger charge is -2.35. The number of nitrogens with one attached hydrogen (secondary N) is 1. The number of alkyl halides is 3. The van der Waals surface area contributed by atoms with Crippen LogP contribution in [0.3, 0.4) is 0 Å². The molecule has 3 rings (SSSR count). The maximum Gasteiger partial charge on any atom is 0.418 e. The van der Waals surface area contributed by atoms with Crippen molar-refractivity contribution in [2.24, 2.45) is 17.1 Å². The van der Waals surface area contributed by atoms with Gasteiger partial charge in [-0.15, -0.1) is 0 Å². The third-order valence-electron chi connectivity index (χ3n) is 5.70. The highest BCUT2D eigenvalue weighted by Crippen LogP contribution is 2.38. The van der Waals surface area contributed by atoms with Crippen LogP contribution >= 0.6 is 0 Å². The zero-order chi connectivity index (χ0) is 24.4. The number of ether oxygens (including phenoxy) is 1. The van der Waals surface area contributed by atoms with Crippen LogP contribution in [-0.2, 0) is 20.5 Å². The Balaban J connectivity index is 1.84. The molecule has 2 fully saturated rings. The molecule has 33 heavy (non-hydrogen) atoms. The molecule has 7 nitrogen and oxygen atoms in total. The smallest absolute Gasteiger partial charge is 0.370 e. The summed E-state index contributed by atoms with van der Waals surface area (Å²) in [6, 6.07) is 2.75. The van der Waals surface area contributed by atoms with E-state index in [0.717, 1.165) is 18.9 Å². The second-order valence-corrected chi connectivity index (χ2v) is 10.00. The van der Waals surface area contributed by atoms with Crippen LogP contribution in [0.1, 0.15) is 39.2 Å². The highest BCUT2D eigenvalue weighted by Gasteiger charge is 2.37. The second-order valence-electron chi connectivity index (χ2n) is 10.00. The monoisotopic (exact) mass is 470 g/mol. The lowest BCUT2D eigenvalue weighted by molar-refractivity contribution is -0.137. The molecule has 2 amide bonds. The van der Waals surface area contributed by atoms with E-state index in [2.05, 4.69) is 5.32 Å². The lowest BCUT2D eigenvalue weighted by Crippen LogP contribution is -2.52. The minimum Gasteiger partial charge on any atom is -0.370 e. The van der Waals surface area contributed by atoms with Gasteiger partial charge in [0.05, 0.1) is 17.9 Å². The van der Waals surface area contributed by atoms with Crippen molar-refractivity contribution in [3.63, 3.8) is 0 Å². The van der Waals surface area contributed by atoms with Gasteiger partial charge in [0, 0.05) is 31.9 Å². The van der Waals surface area contributed by atoms with Crippen molar-refractivity contribution < 1.29 is 27.5 Å². The molecule has 0 aromatic heterocycles. The number of halogens is 3. The van der Waals surface area contributed by atoms with E-state index in [9.17, 15) is 22.8 Å². The molecule has 2 aliphatic rings. The zero-order valence-electron chi connectivity index (χ0n) is 19.4. The normalized spacial score (nSPS) is 18.5. The fraction of sp³-hybridized carbons (Fsp3) is 0.652. The molecule has 1 aromatic carbocycles. The molecule has 184 valence electrons. The largest absolute Gasteiger partial charge is 0.418 e. The van der Waals surface area contributed by atoms with E-state index < -0.39 is 29.6 Å². The number of rotatable bonds is 8. The van der Waals surface area contributed by atoms with Crippen molar-refractivity contribution in [1.29, 1.82) is 0 Å². The molecule has 0 spiro atoms. The maximum atomic E-state index is 13.9. The van der Waals surface area contributed by atoms with Crippen LogP contribution in [0.25, 0.3) is 0 Å². The third kappa shape index (κ3) is 6.91. The van der Waals surface area contributed by atoms with E-state index in [1.807, 2.05) is 25.7 Å². The summed E-state index contributed by atoms with van der Waals surface area (Å²) in [7, 11) is 0. The summed E-state index contributed by atoms with van der Waals surface area (Å²) in [6.07, 6.45) is -2.55. The Kier molecular flexibility index (Phi) is 7.70. The molecule has 1 aliphatic carbocycles. The molecule has 1 heterocycles. The predicted octanol–water partition coefficient (Wildman–Crippen LogP) is 3.09. The third-order valence-corrected chi connectivity index (χ3v) is 5.70. The van der Waals surface area contributed by atoms with Gasteiger partial charge >= 0.3 is 6.18 Å². The Hall–Kier alpha value is -2.17. The van der Waals surface area contributed by atoms with E-state index in [0.29, 0.717) is 19.0 Å². The van der Waals surface area contributed by atoms with Crippen LogP contribution in [0.2, 0.25) is 0 Å². The molecule has 0 bridgehead atoms. The highest BCUT2D eigenvalue weighted by atomic mass is 19.4. The van der Waals surface area contributed by atoms with E-state index in [1.54, 1.807) is 0 Å². The average molecular weight is 471 g/mol. The molecule has 10 heteroatoms. The molecular weight excluding hydrogens is 437 g/mol. The van der Waals surface area contributed by atoms with Gasteiger partial charge in [0.15, 0.2) is 0 Å². The molecule has 0 unspecified atom stereocenters. The Bertz CT molecular complexity index is 865. The van der Waals surface area contributed by atoms with Gasteiger partial charge in [0.25, 0.3) is 5.91 Å². The topological polar surface area (TPSA) is 87.9 Å². The summed E-state index contributed by atoms with van der Waals surface area (Å²) in [5.74, 6) is -0.486. The van der Waals surface area contributed by atoms with Crippen LogP contribution in [0, 0.1) is 11.3 Å². The summed E-state index contributed by atoms with van der Waals surface area (Å²) < 4.78 is 46.7. The zero-order valence-corrected chi connectivity index (χ0v) is 19.4. The first kappa shape index (κ1) is 25.5. The Morgan fingerprint density at radius 2 is 2.00 bits per heavy atom. The van der Waals surface area contributed by atoms with Gasteiger partial charge in [-0.05, 0) is 42.4 Å². The van der Waals surface area contributed by atoms with Gasteiger partial charge in [-0.2, -0.15) is 13.2 Å². The number of nitrogens with zero attached hydrogens (tertiary/aromatic N) is 2. The summed E-state index contributed by atoms with van der Waals surface area (Å²) in [6.45, 7) is 7.66. The minimum absolute atomic E-state index is 0.00362. The highest BCUT2D eigenvalue weighted by molar-refractivity contribution is 5.98. The molecule has 1 saturated carbocycles. The number of carbonyl (C=O) groups excluding carboxylic acids is 2. The number of hydrogen-bond acceptors (Lipinski definition) is 5. The quantitative estimate of drug-likeness (QED) is 0.610. The average Bonchev–Trinajstić information content (AvgIpc) is 3.51. The van der Waals surface area contributed by atoms with E-state index in [4.69, 9.17) is 10.5 Å². The van der Waals surface area contributed by atoms with E-state index >= 15 is 0 Å². The Morgan fingerprint density at radius 1 is 1.30 bits per heavy atom. The SMILES string of the molecule is CC(C)(C)CN(CC1CC1)[C@@H](CN)C(=O)Nc1ccc(N2CCOCC2=O)cc1C(F)(F)F. The van der Waals surface area contributed by atoms with Gasteiger partial charge in [-0.25, -0.2) is 0 Å². The van der Waals surface area contributed by atoms with E-state index in [1.165, 1.54) is 17.0 Å². The van der Waals surface area contributed by atoms with Crippen molar-refractivity contribution in [1.82, 2.24) is 4.90 Å². The first-order chi connectivity index (χ1) is 15.4. The molecule has 1 saturated heterocycles. The Labute approximate surface area is 192 Å². The van der Waals surface area contributed by atoms with Crippen molar-refractivity contribution in [2.75, 3.05) is 49.6 Å². The first-order valence-electron chi connectivity index (χ1n) is 11.2. The standard InChI is InChI=1S/C23H33F3N4O3/c1-22(2,3)14-29(12-15-4-5-15)19(11-27)21(32)28-18-7-6-16(10-17(18)23(24,25)26)30-8-9-33-13-20(30)31/h6-7,10,15,19H,4-5,8-9,11-14,27H2,1-3H3,(H,28,32)/t19-/m0/s1. The number of nitrogens with two attached hydrogens (primary N) is 1. The molecular formula is C23H33F3N4O3. The van der Waals surface area contributed by atoms with Crippen molar-refractivity contribution in [3.05, 3.63) is 23.8 Å². The number of benzene rings is 1. The summed E-state index contributed by atoms with van der Waals surface area (Å²) in [4.78, 5) is 28.4. The summed E-state index contributed by atoms with van der Waals surface area (Å²) in [5, 5.41) is 2.46. The number of morpholine rings is 1. The van der Waals surface area contributed by atoms with Crippen LogP contribution in [0.15, 0.2) is 18.2 Å². The van der Waals surface area contributed by atoms with Gasteiger partial charge < -0.3 is 20.7 Å². The Morgan fingerprint density at radius 3 is 2.55 bits per heavy atom. The second kappa shape index (κ2) is 9.99. The van der Waals surface area contributed by atoms with Crippen LogP contribution in [-0.4, -0.2) is 62.1 Å². The fourth-order valence-corrected chi connectivity index (χ4v) is 4.02. The molecule has 3 N–H and O–H groups in total. The van der Waals surface area contributed by atoms with Crippen molar-refractivity contribution in [3.8, 4) is 0 Å². The van der Waals surface area contributed by atoms with Crippen LogP contribution < -0.4 is 16.0 Å². The first-order valence-corrected chi connectivity index (χ1v) is 11.2. The molecule has 1 aromatic rings. The number of carbonyl (C=O) groups is 2. The van der Waals surface area contributed by atoms with Gasteiger partial charge in [0.2, 0.25) is 5.91 Å². The van der Waals surface area contributed by atoms with Gasteiger partial charge in [-0.1, -0.05) is 20.8 Å². The number of amides is 2. The van der Waals surface area contributed by atoms with Crippen molar-refractivity contribution >= 4 is 23.2 Å². The predicted molar refractivity (Wildman–Crippen MR) is 120 cm³/mol. The molecule has 0 radical (unpaired) electrons. The molecule has 1 atom stereocenters. The van der Waals surface area contributed by atoms with Crippen LogP contribution in [0.4, 0.5) is 24.5 Å². The number of hydrogen-bond donors (Lipinski definition) is 2. The maximum absolute atomic E-state index is 13.9. The summed E-state index contributed by atoms with van der Waals surface area (Å²) >= 11 is 0. The van der Waals surface area contributed by atoms with Gasteiger partial charge in [0.1, 0.15) is 12.6 Å². The lowest BCUT2D eigenvalue weighted by atomic mass is 9.94. The number of anilines is 2. The fourth-order valence-electron chi connectivity index (χ4n) is 4.02. The minimum atomic E-state index is -4.72. The van der Waals surface area contributed by atoms with Crippen LogP contribution in [0.5, 0.6) is 0 Å². The summed E-state index contributed by atoms with van der Waals surface area (Å²) in [5.41, 5.74) is 4.58. The van der Waals surface area contributed by atoms with Gasteiger partial charge in [-0.3, -0.25) is 14.5 Å².